The third kappa shape index (κ3) is 3.92. The second-order valence-electron chi connectivity index (χ2n) is 4.75. The first-order valence-electron chi connectivity index (χ1n) is 6.67. The molecule has 0 aliphatic rings. The van der Waals surface area contributed by atoms with Crippen LogP contribution in [0.1, 0.15) is 38.9 Å². The Bertz CT molecular complexity index is 428. The lowest BCUT2D eigenvalue weighted by Gasteiger charge is -2.12. The number of nitrogens with one attached hydrogen (secondary N) is 2. The van der Waals surface area contributed by atoms with E-state index in [1.807, 2.05) is 13.8 Å². The Morgan fingerprint density at radius 1 is 1.37 bits per heavy atom. The predicted molar refractivity (Wildman–Crippen MR) is 75.7 cm³/mol. The van der Waals surface area contributed by atoms with E-state index in [0.717, 1.165) is 19.5 Å². The van der Waals surface area contributed by atoms with Crippen molar-refractivity contribution in [1.29, 1.82) is 0 Å². The first kappa shape index (κ1) is 15.4. The van der Waals surface area contributed by atoms with Gasteiger partial charge >= 0.3 is 5.69 Å². The molecule has 1 aromatic heterocycles. The van der Waals surface area contributed by atoms with Crippen molar-refractivity contribution in [2.75, 3.05) is 25.0 Å². The molecule has 108 valence electrons. The second-order valence-corrected chi connectivity index (χ2v) is 4.75. The van der Waals surface area contributed by atoms with Crippen molar-refractivity contribution in [3.63, 3.8) is 0 Å². The van der Waals surface area contributed by atoms with Crippen LogP contribution < -0.4 is 10.6 Å². The van der Waals surface area contributed by atoms with Gasteiger partial charge in [-0.25, -0.2) is 4.68 Å². The number of rotatable bonds is 8. The van der Waals surface area contributed by atoms with E-state index in [9.17, 15) is 10.1 Å². The molecule has 0 spiro atoms. The van der Waals surface area contributed by atoms with Gasteiger partial charge in [-0.3, -0.25) is 10.1 Å². The molecule has 0 aromatic carbocycles. The molecule has 7 nitrogen and oxygen atoms in total. The van der Waals surface area contributed by atoms with Crippen LogP contribution in [0.4, 0.5) is 11.5 Å². The largest absolute Gasteiger partial charge is 0.363 e. The van der Waals surface area contributed by atoms with Gasteiger partial charge in [0.15, 0.2) is 0 Å². The summed E-state index contributed by atoms with van der Waals surface area (Å²) in [5, 5.41) is 21.7. The highest BCUT2D eigenvalue weighted by atomic mass is 16.6. The smallest absolute Gasteiger partial charge is 0.333 e. The van der Waals surface area contributed by atoms with Crippen LogP contribution in [0.5, 0.6) is 0 Å². The van der Waals surface area contributed by atoms with Gasteiger partial charge in [0.2, 0.25) is 5.82 Å². The summed E-state index contributed by atoms with van der Waals surface area (Å²) in [4.78, 5) is 10.7. The lowest BCUT2D eigenvalue weighted by atomic mass is 10.3. The van der Waals surface area contributed by atoms with Crippen LogP contribution in [0.15, 0.2) is 0 Å². The minimum absolute atomic E-state index is 0.0733. The molecule has 1 heterocycles. The van der Waals surface area contributed by atoms with Gasteiger partial charge in [0.1, 0.15) is 5.69 Å². The van der Waals surface area contributed by atoms with Crippen molar-refractivity contribution in [3.8, 4) is 0 Å². The SMILES string of the molecule is CCCNCCNc1c([N+](=O)[O-])c(C)nn1C(C)C. The van der Waals surface area contributed by atoms with Crippen LogP contribution in [0.3, 0.4) is 0 Å². The van der Waals surface area contributed by atoms with E-state index in [1.54, 1.807) is 11.6 Å². The molecule has 1 rings (SSSR count). The van der Waals surface area contributed by atoms with E-state index < -0.39 is 0 Å². The maximum absolute atomic E-state index is 11.1. The third-order valence-corrected chi connectivity index (χ3v) is 2.75. The minimum atomic E-state index is -0.372. The predicted octanol–water partition coefficient (Wildman–Crippen LogP) is 2.09. The quantitative estimate of drug-likeness (QED) is 0.429. The van der Waals surface area contributed by atoms with Gasteiger partial charge in [0, 0.05) is 19.1 Å². The molecule has 1 aromatic rings. The van der Waals surface area contributed by atoms with E-state index in [2.05, 4.69) is 22.7 Å². The summed E-state index contributed by atoms with van der Waals surface area (Å²) in [6, 6.07) is 0.0819. The summed E-state index contributed by atoms with van der Waals surface area (Å²) in [6.07, 6.45) is 1.07. The number of aryl methyl sites for hydroxylation is 1. The molecule has 7 heteroatoms. The summed E-state index contributed by atoms with van der Waals surface area (Å²) in [6.45, 7) is 10.0. The van der Waals surface area contributed by atoms with Gasteiger partial charge in [0.05, 0.1) is 4.92 Å². The number of aromatic nitrogens is 2. The molecule has 0 radical (unpaired) electrons. The van der Waals surface area contributed by atoms with E-state index in [0.29, 0.717) is 18.1 Å². The molecule has 0 unspecified atom stereocenters. The standard InChI is InChI=1S/C12H23N5O2/c1-5-6-13-7-8-14-12-11(17(18)19)10(4)15-16(12)9(2)3/h9,13-14H,5-8H2,1-4H3. The lowest BCUT2D eigenvalue weighted by molar-refractivity contribution is -0.384. The number of anilines is 1. The number of nitro groups is 1. The fourth-order valence-electron chi connectivity index (χ4n) is 1.87. The zero-order chi connectivity index (χ0) is 14.4. The third-order valence-electron chi connectivity index (χ3n) is 2.75. The monoisotopic (exact) mass is 269 g/mol. The summed E-state index contributed by atoms with van der Waals surface area (Å²) in [5.74, 6) is 0.496. The van der Waals surface area contributed by atoms with E-state index in [-0.39, 0.29) is 16.7 Å². The zero-order valence-electron chi connectivity index (χ0n) is 12.1. The molecule has 0 saturated carbocycles. The Morgan fingerprint density at radius 2 is 2.05 bits per heavy atom. The first-order chi connectivity index (χ1) is 8.99. The second kappa shape index (κ2) is 7.08. The van der Waals surface area contributed by atoms with E-state index in [4.69, 9.17) is 0 Å². The van der Waals surface area contributed by atoms with E-state index >= 15 is 0 Å². The average Bonchev–Trinajstić information content (AvgIpc) is 2.66. The van der Waals surface area contributed by atoms with Crippen molar-refractivity contribution < 1.29 is 4.92 Å². The molecule has 0 fully saturated rings. The maximum atomic E-state index is 11.1. The summed E-state index contributed by atoms with van der Waals surface area (Å²) >= 11 is 0. The average molecular weight is 269 g/mol. The fourth-order valence-corrected chi connectivity index (χ4v) is 1.87. The zero-order valence-corrected chi connectivity index (χ0v) is 12.1. The number of hydrogen-bond acceptors (Lipinski definition) is 5. The van der Waals surface area contributed by atoms with Gasteiger partial charge in [-0.1, -0.05) is 6.92 Å². The Kier molecular flexibility index (Phi) is 5.75. The Hall–Kier alpha value is -1.63. The Morgan fingerprint density at radius 3 is 2.58 bits per heavy atom. The maximum Gasteiger partial charge on any atom is 0.333 e. The van der Waals surface area contributed by atoms with Crippen LogP contribution in [0, 0.1) is 17.0 Å². The molecule has 0 saturated heterocycles. The Labute approximate surface area is 113 Å². The highest BCUT2D eigenvalue weighted by Crippen LogP contribution is 2.30. The highest BCUT2D eigenvalue weighted by molar-refractivity contribution is 5.59. The first-order valence-corrected chi connectivity index (χ1v) is 6.67. The van der Waals surface area contributed by atoms with E-state index in [1.165, 1.54) is 0 Å². The van der Waals surface area contributed by atoms with Crippen molar-refractivity contribution in [1.82, 2.24) is 15.1 Å². The number of hydrogen-bond donors (Lipinski definition) is 2. The van der Waals surface area contributed by atoms with Gasteiger partial charge in [-0.2, -0.15) is 5.10 Å². The van der Waals surface area contributed by atoms with Gasteiger partial charge in [-0.15, -0.1) is 0 Å². The Balaban J connectivity index is 2.81. The lowest BCUT2D eigenvalue weighted by Crippen LogP contribution is -2.24. The molecule has 0 aliphatic carbocycles. The molecule has 19 heavy (non-hydrogen) atoms. The van der Waals surface area contributed by atoms with Crippen molar-refractivity contribution >= 4 is 11.5 Å². The van der Waals surface area contributed by atoms with Crippen LogP contribution in [-0.4, -0.2) is 34.3 Å². The van der Waals surface area contributed by atoms with Gasteiger partial charge in [0.25, 0.3) is 0 Å². The van der Waals surface area contributed by atoms with Crippen LogP contribution in [-0.2, 0) is 0 Å². The van der Waals surface area contributed by atoms with Gasteiger partial charge < -0.3 is 10.6 Å². The fraction of sp³-hybridized carbons (Fsp3) is 0.750. The van der Waals surface area contributed by atoms with Crippen molar-refractivity contribution in [2.24, 2.45) is 0 Å². The molecule has 0 bridgehead atoms. The summed E-state index contributed by atoms with van der Waals surface area (Å²) in [7, 11) is 0. The topological polar surface area (TPSA) is 85.0 Å². The molecule has 0 aliphatic heterocycles. The molecular weight excluding hydrogens is 246 g/mol. The van der Waals surface area contributed by atoms with Crippen molar-refractivity contribution in [2.45, 2.75) is 40.2 Å². The van der Waals surface area contributed by atoms with Crippen LogP contribution >= 0.6 is 0 Å². The molecule has 2 N–H and O–H groups in total. The molecule has 0 atom stereocenters. The normalized spacial score (nSPS) is 11.0. The molecule has 0 amide bonds. The minimum Gasteiger partial charge on any atom is -0.363 e. The summed E-state index contributed by atoms with van der Waals surface area (Å²) in [5.41, 5.74) is 0.520. The highest BCUT2D eigenvalue weighted by Gasteiger charge is 2.25. The summed E-state index contributed by atoms with van der Waals surface area (Å²) < 4.78 is 1.67. The van der Waals surface area contributed by atoms with Gasteiger partial charge in [-0.05, 0) is 33.7 Å². The van der Waals surface area contributed by atoms with Crippen molar-refractivity contribution in [3.05, 3.63) is 15.8 Å². The van der Waals surface area contributed by atoms with Crippen LogP contribution in [0.2, 0.25) is 0 Å². The number of nitrogens with zero attached hydrogens (tertiary/aromatic N) is 3. The van der Waals surface area contributed by atoms with Crippen LogP contribution in [0.25, 0.3) is 0 Å². The molecular formula is C12H23N5O2.